The maximum atomic E-state index is 12.4. The lowest BCUT2D eigenvalue weighted by Gasteiger charge is -2.61. The van der Waals surface area contributed by atoms with Crippen molar-refractivity contribution in [1.82, 2.24) is 0 Å². The normalized spacial score (nSPS) is 36.3. The SMILES string of the molecule is C[C@H](CCC(=O)OCOC(=O)CCC(CP(=O)(O)O)C(=O)O)C1CCC2C3CCC4CCCCC4(C)C3CCC21C. The summed E-state index contributed by atoms with van der Waals surface area (Å²) in [5.74, 6) is 0.515. The Bertz CT molecular complexity index is 1010. The Morgan fingerprint density at radius 3 is 2.17 bits per heavy atom. The zero-order valence-electron chi connectivity index (χ0n) is 25.1. The van der Waals surface area contributed by atoms with E-state index in [4.69, 9.17) is 24.4 Å². The molecule has 9 atom stereocenters. The molecule has 4 aliphatic rings. The van der Waals surface area contributed by atoms with E-state index in [1.54, 1.807) is 0 Å². The maximum absolute atomic E-state index is 12.4. The van der Waals surface area contributed by atoms with Gasteiger partial charge in [0.1, 0.15) is 0 Å². The first kappa shape index (κ1) is 32.5. The van der Waals surface area contributed by atoms with Crippen molar-refractivity contribution in [2.24, 2.45) is 52.3 Å². The molecule has 0 aliphatic heterocycles. The van der Waals surface area contributed by atoms with Gasteiger partial charge in [0.25, 0.3) is 0 Å². The quantitative estimate of drug-likeness (QED) is 0.137. The largest absolute Gasteiger partial charge is 0.481 e. The smallest absolute Gasteiger partial charge is 0.326 e. The van der Waals surface area contributed by atoms with Gasteiger partial charge in [0.05, 0.1) is 12.1 Å². The van der Waals surface area contributed by atoms with Gasteiger partial charge in [-0.15, -0.1) is 0 Å². The number of carbonyl (C=O) groups is 3. The second-order valence-corrected chi connectivity index (χ2v) is 15.9. The molecular formula is C31H51O9P. The fraction of sp³-hybridized carbons (Fsp3) is 0.903. The van der Waals surface area contributed by atoms with Crippen molar-refractivity contribution in [3.05, 3.63) is 0 Å². The molecule has 0 amide bonds. The minimum atomic E-state index is -4.52. The lowest BCUT2D eigenvalue weighted by Crippen LogP contribution is -2.53. The van der Waals surface area contributed by atoms with Crippen molar-refractivity contribution in [1.29, 1.82) is 0 Å². The Hall–Kier alpha value is -1.44. The predicted molar refractivity (Wildman–Crippen MR) is 153 cm³/mol. The minimum Gasteiger partial charge on any atom is -0.481 e. The fourth-order valence-corrected chi connectivity index (χ4v) is 10.9. The number of aliphatic carboxylic acids is 1. The van der Waals surface area contributed by atoms with Crippen LogP contribution in [0.3, 0.4) is 0 Å². The minimum absolute atomic E-state index is 0.255. The number of carboxylic acids is 1. The van der Waals surface area contributed by atoms with Gasteiger partial charge in [0, 0.05) is 12.8 Å². The molecule has 0 aromatic rings. The van der Waals surface area contributed by atoms with Crippen molar-refractivity contribution >= 4 is 25.5 Å². The van der Waals surface area contributed by atoms with Crippen LogP contribution in [0, 0.1) is 52.3 Å². The van der Waals surface area contributed by atoms with Gasteiger partial charge in [-0.05, 0) is 111 Å². The molecule has 9 nitrogen and oxygen atoms in total. The van der Waals surface area contributed by atoms with Gasteiger partial charge < -0.3 is 24.4 Å². The van der Waals surface area contributed by atoms with Gasteiger partial charge in [0.2, 0.25) is 6.79 Å². The summed E-state index contributed by atoms with van der Waals surface area (Å²) in [7, 11) is -4.52. The van der Waals surface area contributed by atoms with E-state index in [9.17, 15) is 18.9 Å². The van der Waals surface area contributed by atoms with Gasteiger partial charge in [-0.25, -0.2) is 0 Å². The highest BCUT2D eigenvalue weighted by atomic mass is 31.2. The van der Waals surface area contributed by atoms with Gasteiger partial charge >= 0.3 is 25.5 Å². The number of ether oxygens (including phenoxy) is 2. The van der Waals surface area contributed by atoms with Crippen molar-refractivity contribution in [2.45, 2.75) is 111 Å². The van der Waals surface area contributed by atoms with E-state index in [2.05, 4.69) is 20.8 Å². The molecule has 41 heavy (non-hydrogen) atoms. The number of esters is 2. The van der Waals surface area contributed by atoms with Crippen LogP contribution in [-0.2, 0) is 28.4 Å². The molecule has 0 aromatic carbocycles. The molecule has 0 bridgehead atoms. The summed E-state index contributed by atoms with van der Waals surface area (Å²) in [5, 5.41) is 9.10. The molecule has 8 unspecified atom stereocenters. The standard InChI is InChI=1S/C31H51O9P/c1-20(7-13-27(32)39-19-40-28(33)14-8-21(29(34)35)18-41(36,37)38)24-11-12-25-23-10-9-22-6-4-5-16-30(22,2)26(23)15-17-31(24,25)3/h20-26H,4-19H2,1-3H3,(H,34,35)(H2,36,37,38)/t20-,21?,22?,23?,24?,25?,26?,30?,31?/m1/s1. The number of fused-ring (bicyclic) bond motifs is 5. The van der Waals surface area contributed by atoms with Crippen LogP contribution >= 0.6 is 7.60 Å². The second-order valence-electron chi connectivity index (χ2n) is 14.2. The molecule has 0 saturated heterocycles. The van der Waals surface area contributed by atoms with Crippen molar-refractivity contribution in [2.75, 3.05) is 13.0 Å². The van der Waals surface area contributed by atoms with Crippen LogP contribution in [0.25, 0.3) is 0 Å². The van der Waals surface area contributed by atoms with Crippen LogP contribution in [0.1, 0.15) is 111 Å². The molecule has 234 valence electrons. The van der Waals surface area contributed by atoms with Crippen LogP contribution in [0.5, 0.6) is 0 Å². The molecule has 3 N–H and O–H groups in total. The molecule has 10 heteroatoms. The molecule has 4 fully saturated rings. The number of rotatable bonds is 12. The monoisotopic (exact) mass is 598 g/mol. The van der Waals surface area contributed by atoms with Gasteiger partial charge in [-0.2, -0.15) is 0 Å². The van der Waals surface area contributed by atoms with Gasteiger partial charge in [0.15, 0.2) is 0 Å². The number of hydrogen-bond donors (Lipinski definition) is 3. The lowest BCUT2D eigenvalue weighted by atomic mass is 9.44. The zero-order valence-corrected chi connectivity index (χ0v) is 26.0. The van der Waals surface area contributed by atoms with Crippen molar-refractivity contribution < 1.29 is 43.3 Å². The molecule has 0 heterocycles. The van der Waals surface area contributed by atoms with E-state index in [1.165, 1.54) is 64.2 Å². The Morgan fingerprint density at radius 2 is 1.51 bits per heavy atom. The van der Waals surface area contributed by atoms with E-state index in [-0.39, 0.29) is 19.3 Å². The summed E-state index contributed by atoms with van der Waals surface area (Å²) in [6.45, 7) is 6.87. The van der Waals surface area contributed by atoms with E-state index in [0.29, 0.717) is 22.7 Å². The van der Waals surface area contributed by atoms with E-state index < -0.39 is 44.4 Å². The third-order valence-electron chi connectivity index (χ3n) is 12.1. The van der Waals surface area contributed by atoms with E-state index >= 15 is 0 Å². The molecule has 0 radical (unpaired) electrons. The Kier molecular flexibility index (Phi) is 10.3. The Labute approximate surface area is 244 Å². The predicted octanol–water partition coefficient (Wildman–Crippen LogP) is 6.15. The highest BCUT2D eigenvalue weighted by Gasteiger charge is 2.60. The third-order valence-corrected chi connectivity index (χ3v) is 13.0. The summed E-state index contributed by atoms with van der Waals surface area (Å²) < 4.78 is 21.1. The molecule has 0 aromatic heterocycles. The van der Waals surface area contributed by atoms with Crippen LogP contribution in [-0.4, -0.2) is 45.8 Å². The third kappa shape index (κ3) is 7.38. The van der Waals surface area contributed by atoms with Crippen LogP contribution in [0.4, 0.5) is 0 Å². The van der Waals surface area contributed by atoms with E-state index in [1.807, 2.05) is 0 Å². The van der Waals surface area contributed by atoms with Crippen molar-refractivity contribution in [3.8, 4) is 0 Å². The van der Waals surface area contributed by atoms with Crippen LogP contribution in [0.2, 0.25) is 0 Å². The second kappa shape index (κ2) is 13.1. The topological polar surface area (TPSA) is 147 Å². The zero-order chi connectivity index (χ0) is 30.0. The summed E-state index contributed by atoms with van der Waals surface area (Å²) >= 11 is 0. The van der Waals surface area contributed by atoms with Crippen molar-refractivity contribution in [3.63, 3.8) is 0 Å². The maximum Gasteiger partial charge on any atom is 0.326 e. The molecule has 4 aliphatic carbocycles. The average Bonchev–Trinajstić information content (AvgIpc) is 3.26. The fourth-order valence-electron chi connectivity index (χ4n) is 9.99. The van der Waals surface area contributed by atoms with Gasteiger partial charge in [-0.3, -0.25) is 18.9 Å². The first-order valence-electron chi connectivity index (χ1n) is 15.8. The number of hydrogen-bond acceptors (Lipinski definition) is 6. The molecule has 0 spiro atoms. The Balaban J connectivity index is 1.19. The first-order valence-corrected chi connectivity index (χ1v) is 17.6. The molecular weight excluding hydrogens is 547 g/mol. The first-order chi connectivity index (χ1) is 19.2. The van der Waals surface area contributed by atoms with Crippen LogP contribution < -0.4 is 0 Å². The molecule has 4 saturated carbocycles. The summed E-state index contributed by atoms with van der Waals surface area (Å²) in [5.41, 5.74) is 0.881. The summed E-state index contributed by atoms with van der Waals surface area (Å²) in [6.07, 6.45) is 13.2. The summed E-state index contributed by atoms with van der Waals surface area (Å²) in [4.78, 5) is 53.5. The van der Waals surface area contributed by atoms with E-state index in [0.717, 1.165) is 30.1 Å². The average molecular weight is 599 g/mol. The van der Waals surface area contributed by atoms with Gasteiger partial charge in [-0.1, -0.05) is 33.6 Å². The lowest BCUT2D eigenvalue weighted by molar-refractivity contribution is -0.167. The number of carboxylic acid groups (broad SMARTS) is 1. The highest BCUT2D eigenvalue weighted by molar-refractivity contribution is 7.51. The van der Waals surface area contributed by atoms with Crippen LogP contribution in [0.15, 0.2) is 0 Å². The highest BCUT2D eigenvalue weighted by Crippen LogP contribution is 2.68. The Morgan fingerprint density at radius 1 is 0.854 bits per heavy atom. The summed E-state index contributed by atoms with van der Waals surface area (Å²) in [6, 6.07) is 0. The number of carbonyl (C=O) groups excluding carboxylic acids is 2. The molecule has 4 rings (SSSR count).